The first-order valence-corrected chi connectivity index (χ1v) is 6.19. The topological polar surface area (TPSA) is 56.2 Å². The van der Waals surface area contributed by atoms with Gasteiger partial charge < -0.3 is 4.42 Å². The number of halogens is 3. The highest BCUT2D eigenvalue weighted by molar-refractivity contribution is 5.77. The van der Waals surface area contributed by atoms with E-state index in [4.69, 9.17) is 4.42 Å². The Balaban J connectivity index is 1.85. The molecule has 2 heterocycles. The molecule has 0 atom stereocenters. The minimum atomic E-state index is -4.39. The van der Waals surface area contributed by atoms with Crippen LogP contribution in [0.5, 0.6) is 0 Å². The second kappa shape index (κ2) is 5.47. The third-order valence-corrected chi connectivity index (χ3v) is 2.83. The van der Waals surface area contributed by atoms with E-state index in [0.29, 0.717) is 17.1 Å². The largest absolute Gasteiger partial charge is 0.455 e. The molecule has 0 spiro atoms. The van der Waals surface area contributed by atoms with Crippen molar-refractivity contribution in [3.63, 3.8) is 0 Å². The summed E-state index contributed by atoms with van der Waals surface area (Å²) >= 11 is 0. The van der Waals surface area contributed by atoms with Crippen molar-refractivity contribution in [2.75, 3.05) is 0 Å². The van der Waals surface area contributed by atoms with Gasteiger partial charge in [0.25, 0.3) is 0 Å². The van der Waals surface area contributed by atoms with E-state index < -0.39 is 11.7 Å². The lowest BCUT2D eigenvalue weighted by atomic mass is 10.1. The van der Waals surface area contributed by atoms with Gasteiger partial charge in [0.05, 0.1) is 11.8 Å². The van der Waals surface area contributed by atoms with Crippen LogP contribution in [-0.4, -0.2) is 21.1 Å². The summed E-state index contributed by atoms with van der Waals surface area (Å²) < 4.78 is 44.9. The summed E-state index contributed by atoms with van der Waals surface area (Å²) in [4.78, 5) is 0. The van der Waals surface area contributed by atoms with Gasteiger partial charge >= 0.3 is 6.18 Å². The number of aromatic nitrogens is 3. The minimum Gasteiger partial charge on any atom is -0.455 e. The molecule has 0 unspecified atom stereocenters. The zero-order chi connectivity index (χ0) is 15.6. The highest BCUT2D eigenvalue weighted by Gasteiger charge is 2.30. The molecule has 0 aliphatic rings. The maximum absolute atomic E-state index is 12.7. The van der Waals surface area contributed by atoms with Crippen molar-refractivity contribution in [3.8, 4) is 11.3 Å². The molecule has 0 bridgehead atoms. The number of furan rings is 1. The van der Waals surface area contributed by atoms with Crippen LogP contribution < -0.4 is 0 Å². The fourth-order valence-corrected chi connectivity index (χ4v) is 1.80. The van der Waals surface area contributed by atoms with Gasteiger partial charge in [-0.05, 0) is 24.3 Å². The number of nitrogens with zero attached hydrogens (tertiary/aromatic N) is 4. The molecular weight excluding hydrogens is 297 g/mol. The number of hydrogen-bond acceptors (Lipinski definition) is 4. The van der Waals surface area contributed by atoms with Crippen LogP contribution in [0, 0.1) is 0 Å². The maximum atomic E-state index is 12.7. The zero-order valence-corrected chi connectivity index (χ0v) is 11.0. The third-order valence-electron chi connectivity index (χ3n) is 2.83. The molecular formula is C14H9F3N4O. The SMILES string of the molecule is FC(F)(F)c1cccc(-c2ccc(C=Nn3cnnc3)o2)c1. The minimum absolute atomic E-state index is 0.330. The van der Waals surface area contributed by atoms with Gasteiger partial charge in [-0.3, -0.25) is 0 Å². The number of benzene rings is 1. The first-order chi connectivity index (χ1) is 10.5. The molecule has 2 aromatic heterocycles. The van der Waals surface area contributed by atoms with Crippen molar-refractivity contribution in [2.45, 2.75) is 6.18 Å². The van der Waals surface area contributed by atoms with E-state index in [-0.39, 0.29) is 0 Å². The second-order valence-corrected chi connectivity index (χ2v) is 4.37. The Bertz CT molecular complexity index is 791. The molecule has 22 heavy (non-hydrogen) atoms. The van der Waals surface area contributed by atoms with Gasteiger partial charge in [0.15, 0.2) is 0 Å². The summed E-state index contributed by atoms with van der Waals surface area (Å²) in [6.07, 6.45) is -0.178. The molecule has 1 aromatic carbocycles. The first-order valence-electron chi connectivity index (χ1n) is 6.19. The average molecular weight is 306 g/mol. The van der Waals surface area contributed by atoms with Gasteiger partial charge in [-0.1, -0.05) is 12.1 Å². The lowest BCUT2D eigenvalue weighted by molar-refractivity contribution is -0.137. The fourth-order valence-electron chi connectivity index (χ4n) is 1.80. The monoisotopic (exact) mass is 306 g/mol. The van der Waals surface area contributed by atoms with E-state index in [1.807, 2.05) is 0 Å². The molecule has 5 nitrogen and oxygen atoms in total. The Kier molecular flexibility index (Phi) is 3.50. The number of hydrogen-bond donors (Lipinski definition) is 0. The van der Waals surface area contributed by atoms with Crippen LogP contribution in [0.2, 0.25) is 0 Å². The van der Waals surface area contributed by atoms with Crippen molar-refractivity contribution in [2.24, 2.45) is 5.10 Å². The van der Waals surface area contributed by atoms with E-state index >= 15 is 0 Å². The number of rotatable bonds is 3. The van der Waals surface area contributed by atoms with Crippen LogP contribution in [0.15, 0.2) is 58.6 Å². The summed E-state index contributed by atoms with van der Waals surface area (Å²) in [5.74, 6) is 0.734. The Hall–Kier alpha value is -2.90. The Morgan fingerprint density at radius 3 is 2.59 bits per heavy atom. The molecule has 0 aliphatic heterocycles. The fraction of sp³-hybridized carbons (Fsp3) is 0.0714. The van der Waals surface area contributed by atoms with Gasteiger partial charge in [-0.2, -0.15) is 18.3 Å². The van der Waals surface area contributed by atoms with Gasteiger partial charge in [0, 0.05) is 5.56 Å². The van der Waals surface area contributed by atoms with Crippen molar-refractivity contribution in [1.29, 1.82) is 0 Å². The quantitative estimate of drug-likeness (QED) is 0.696. The van der Waals surface area contributed by atoms with Crippen LogP contribution in [-0.2, 0) is 6.18 Å². The summed E-state index contributed by atoms with van der Waals surface area (Å²) in [6.45, 7) is 0. The van der Waals surface area contributed by atoms with Crippen LogP contribution in [0.3, 0.4) is 0 Å². The van der Waals surface area contributed by atoms with Gasteiger partial charge in [-0.25, -0.2) is 4.68 Å². The van der Waals surface area contributed by atoms with Crippen molar-refractivity contribution in [1.82, 2.24) is 14.9 Å². The Labute approximate surface area is 122 Å². The van der Waals surface area contributed by atoms with Gasteiger partial charge in [-0.15, -0.1) is 10.2 Å². The Morgan fingerprint density at radius 2 is 1.86 bits per heavy atom. The van der Waals surface area contributed by atoms with Crippen LogP contribution >= 0.6 is 0 Å². The predicted octanol–water partition coefficient (Wildman–Crippen LogP) is 3.44. The molecule has 0 saturated carbocycles. The highest BCUT2D eigenvalue weighted by atomic mass is 19.4. The maximum Gasteiger partial charge on any atom is 0.416 e. The van der Waals surface area contributed by atoms with Crippen molar-refractivity contribution in [3.05, 3.63) is 60.4 Å². The van der Waals surface area contributed by atoms with Gasteiger partial charge in [0.2, 0.25) is 0 Å². The van der Waals surface area contributed by atoms with Crippen molar-refractivity contribution < 1.29 is 17.6 Å². The highest BCUT2D eigenvalue weighted by Crippen LogP contribution is 2.32. The molecule has 0 aliphatic carbocycles. The Morgan fingerprint density at radius 1 is 1.09 bits per heavy atom. The standard InChI is InChI=1S/C14H9F3N4O/c15-14(16,17)11-3-1-2-10(6-11)13-5-4-12(22-13)7-20-21-8-18-19-9-21/h1-9H. The lowest BCUT2D eigenvalue weighted by Gasteiger charge is -2.07. The molecule has 0 amide bonds. The first kappa shape index (κ1) is 14.1. The molecule has 3 aromatic rings. The van der Waals surface area contributed by atoms with E-state index in [9.17, 15) is 13.2 Å². The summed E-state index contributed by atoms with van der Waals surface area (Å²) in [7, 11) is 0. The van der Waals surface area contributed by atoms with E-state index in [0.717, 1.165) is 12.1 Å². The van der Waals surface area contributed by atoms with E-state index in [1.165, 1.54) is 29.6 Å². The normalized spacial score (nSPS) is 12.1. The smallest absolute Gasteiger partial charge is 0.416 e. The molecule has 0 fully saturated rings. The van der Waals surface area contributed by atoms with Crippen LogP contribution in [0.4, 0.5) is 13.2 Å². The predicted molar refractivity (Wildman–Crippen MR) is 72.2 cm³/mol. The van der Waals surface area contributed by atoms with Crippen LogP contribution in [0.25, 0.3) is 11.3 Å². The number of alkyl halides is 3. The lowest BCUT2D eigenvalue weighted by Crippen LogP contribution is -2.04. The average Bonchev–Trinajstić information content (AvgIpc) is 3.16. The molecule has 8 heteroatoms. The summed E-state index contributed by atoms with van der Waals surface area (Å²) in [5.41, 5.74) is -0.375. The molecule has 0 N–H and O–H groups in total. The second-order valence-electron chi connectivity index (χ2n) is 4.37. The third kappa shape index (κ3) is 3.05. The summed E-state index contributed by atoms with van der Waals surface area (Å²) in [6, 6.07) is 8.15. The molecule has 112 valence electrons. The summed E-state index contributed by atoms with van der Waals surface area (Å²) in [5, 5.41) is 11.2. The zero-order valence-electron chi connectivity index (χ0n) is 11.0. The molecule has 0 saturated heterocycles. The van der Waals surface area contributed by atoms with E-state index in [2.05, 4.69) is 15.3 Å². The van der Waals surface area contributed by atoms with Gasteiger partial charge in [0.1, 0.15) is 24.2 Å². The molecule has 3 rings (SSSR count). The van der Waals surface area contributed by atoms with Crippen molar-refractivity contribution >= 4 is 6.21 Å². The molecule has 0 radical (unpaired) electrons. The van der Waals surface area contributed by atoms with Crippen LogP contribution in [0.1, 0.15) is 11.3 Å². The van der Waals surface area contributed by atoms with E-state index in [1.54, 1.807) is 18.2 Å².